The number of carbonyl (C=O) groups is 1. The van der Waals surface area contributed by atoms with Gasteiger partial charge in [-0.3, -0.25) is 0 Å². The number of alkyl halides is 5. The minimum absolute atomic E-state index is 0.398. The number of rotatable bonds is 2. The molecule has 0 bridgehead atoms. The van der Waals surface area contributed by atoms with E-state index in [0.717, 1.165) is 0 Å². The molecule has 0 radical (unpaired) electrons. The van der Waals surface area contributed by atoms with Crippen molar-refractivity contribution in [2.75, 3.05) is 0 Å². The van der Waals surface area contributed by atoms with Gasteiger partial charge in [-0.15, -0.1) is 0 Å². The topological polar surface area (TPSA) is 35.5 Å². The Morgan fingerprint density at radius 3 is 2.32 bits per heavy atom. The molecule has 0 saturated heterocycles. The summed E-state index contributed by atoms with van der Waals surface area (Å²) in [5, 5.41) is 0. The number of hydrogen-bond donors (Lipinski definition) is 0. The Bertz CT molecular complexity index is 632. The lowest BCUT2D eigenvalue weighted by atomic mass is 10.00. The van der Waals surface area contributed by atoms with Crippen LogP contribution in [0.1, 0.15) is 19.4 Å². The number of carbonyl (C=O) groups excluding carboxylic acids is 1. The third-order valence-electron chi connectivity index (χ3n) is 2.98. The molecule has 1 aromatic carbocycles. The molecule has 1 aliphatic heterocycles. The van der Waals surface area contributed by atoms with Gasteiger partial charge in [0.25, 0.3) is 0 Å². The van der Waals surface area contributed by atoms with E-state index in [1.54, 1.807) is 24.3 Å². The van der Waals surface area contributed by atoms with Gasteiger partial charge < -0.3 is 9.47 Å². The maximum atomic E-state index is 13.0. The van der Waals surface area contributed by atoms with Gasteiger partial charge in [-0.1, -0.05) is 18.2 Å². The summed E-state index contributed by atoms with van der Waals surface area (Å²) in [4.78, 5) is 11.2. The van der Waals surface area contributed by atoms with Crippen molar-refractivity contribution in [3.8, 4) is 5.75 Å². The zero-order valence-corrected chi connectivity index (χ0v) is 11.5. The van der Waals surface area contributed by atoms with Gasteiger partial charge in [-0.25, -0.2) is 4.79 Å². The molecule has 8 heteroatoms. The van der Waals surface area contributed by atoms with E-state index in [-0.39, 0.29) is 0 Å². The van der Waals surface area contributed by atoms with Crippen LogP contribution in [0, 0.1) is 0 Å². The van der Waals surface area contributed by atoms with Crippen LogP contribution in [0.3, 0.4) is 0 Å². The van der Waals surface area contributed by atoms with Crippen molar-refractivity contribution in [3.05, 3.63) is 35.6 Å². The van der Waals surface area contributed by atoms with Crippen molar-refractivity contribution < 1.29 is 36.2 Å². The van der Waals surface area contributed by atoms with Gasteiger partial charge in [0.05, 0.1) is 0 Å². The van der Waals surface area contributed by atoms with Crippen LogP contribution >= 0.6 is 0 Å². The summed E-state index contributed by atoms with van der Waals surface area (Å²) in [6, 6.07) is 6.41. The fourth-order valence-electron chi connectivity index (χ4n) is 1.76. The SMILES string of the molecule is CC1(C)Oc2ccccc2C=C1OC(=O)C(F)(F)C(F)(F)F. The lowest BCUT2D eigenvalue weighted by Crippen LogP contribution is -2.47. The van der Waals surface area contributed by atoms with Crippen molar-refractivity contribution in [3.63, 3.8) is 0 Å². The molecule has 2 rings (SSSR count). The molecule has 0 atom stereocenters. The van der Waals surface area contributed by atoms with Crippen LogP contribution in [0.25, 0.3) is 6.08 Å². The van der Waals surface area contributed by atoms with Gasteiger partial charge in [0, 0.05) is 5.56 Å². The lowest BCUT2D eigenvalue weighted by Gasteiger charge is -2.33. The molecular weight excluding hydrogens is 311 g/mol. The molecule has 1 aliphatic rings. The number of esters is 1. The minimum atomic E-state index is -6.03. The fraction of sp³-hybridized carbons (Fsp3) is 0.357. The van der Waals surface area contributed by atoms with E-state index >= 15 is 0 Å². The number of ether oxygens (including phenoxy) is 2. The molecule has 1 heterocycles. The standard InChI is InChI=1S/C14H11F5O3/c1-12(2)10(7-8-5-3-4-6-9(8)22-12)21-11(20)13(15,16)14(17,18)19/h3-7H,1-2H3. The molecule has 3 nitrogen and oxygen atoms in total. The second-order valence-electron chi connectivity index (χ2n) is 5.12. The summed E-state index contributed by atoms with van der Waals surface area (Å²) in [6.07, 6.45) is -4.83. The maximum Gasteiger partial charge on any atom is 0.465 e. The van der Waals surface area contributed by atoms with Crippen LogP contribution in [0.15, 0.2) is 30.0 Å². The third kappa shape index (κ3) is 2.77. The van der Waals surface area contributed by atoms with Gasteiger partial charge in [0.1, 0.15) is 5.75 Å². The smallest absolute Gasteiger partial charge is 0.465 e. The average molecular weight is 322 g/mol. The Morgan fingerprint density at radius 1 is 1.14 bits per heavy atom. The van der Waals surface area contributed by atoms with Crippen molar-refractivity contribution >= 4 is 12.0 Å². The summed E-state index contributed by atoms with van der Waals surface area (Å²) in [5.41, 5.74) is -0.967. The Morgan fingerprint density at radius 2 is 1.73 bits per heavy atom. The third-order valence-corrected chi connectivity index (χ3v) is 2.98. The van der Waals surface area contributed by atoms with E-state index in [1.165, 1.54) is 19.9 Å². The monoisotopic (exact) mass is 322 g/mol. The van der Waals surface area contributed by atoms with Gasteiger partial charge in [0.2, 0.25) is 0 Å². The normalized spacial score (nSPS) is 17.1. The number of para-hydroxylation sites is 1. The minimum Gasteiger partial charge on any atom is -0.479 e. The zero-order valence-electron chi connectivity index (χ0n) is 11.5. The number of hydrogen-bond acceptors (Lipinski definition) is 3. The highest BCUT2D eigenvalue weighted by atomic mass is 19.4. The van der Waals surface area contributed by atoms with E-state index in [0.29, 0.717) is 11.3 Å². The predicted molar refractivity (Wildman–Crippen MR) is 66.2 cm³/mol. The van der Waals surface area contributed by atoms with Crippen LogP contribution < -0.4 is 4.74 Å². The van der Waals surface area contributed by atoms with Crippen molar-refractivity contribution in [1.29, 1.82) is 0 Å². The molecule has 0 saturated carbocycles. The first kappa shape index (κ1) is 16.3. The predicted octanol–water partition coefficient (Wildman–Crippen LogP) is 3.94. The van der Waals surface area contributed by atoms with E-state index in [1.807, 2.05) is 0 Å². The highest BCUT2D eigenvalue weighted by Gasteiger charge is 2.65. The molecule has 0 spiro atoms. The van der Waals surface area contributed by atoms with Gasteiger partial charge in [-0.2, -0.15) is 22.0 Å². The second-order valence-corrected chi connectivity index (χ2v) is 5.12. The Kier molecular flexibility index (Phi) is 3.67. The summed E-state index contributed by atoms with van der Waals surface area (Å²) in [7, 11) is 0. The first-order chi connectivity index (χ1) is 9.95. The highest BCUT2D eigenvalue weighted by Crippen LogP contribution is 2.40. The molecule has 1 aromatic rings. The fourth-order valence-corrected chi connectivity index (χ4v) is 1.76. The lowest BCUT2D eigenvalue weighted by molar-refractivity contribution is -0.279. The molecule has 0 unspecified atom stereocenters. The molecule has 0 amide bonds. The Hall–Kier alpha value is -2.12. The summed E-state index contributed by atoms with van der Waals surface area (Å²) in [5.74, 6) is -8.32. The van der Waals surface area contributed by atoms with Crippen molar-refractivity contribution in [1.82, 2.24) is 0 Å². The first-order valence-corrected chi connectivity index (χ1v) is 6.12. The summed E-state index contributed by atoms with van der Waals surface area (Å²) in [6.45, 7) is 2.77. The first-order valence-electron chi connectivity index (χ1n) is 6.12. The van der Waals surface area contributed by atoms with Gasteiger partial charge in [0.15, 0.2) is 11.4 Å². The maximum absolute atomic E-state index is 13.0. The van der Waals surface area contributed by atoms with Crippen LogP contribution in [0.2, 0.25) is 0 Å². The van der Waals surface area contributed by atoms with Crippen molar-refractivity contribution in [2.24, 2.45) is 0 Å². The number of benzene rings is 1. The largest absolute Gasteiger partial charge is 0.479 e. The van der Waals surface area contributed by atoms with Crippen LogP contribution in [-0.2, 0) is 9.53 Å². The molecule has 22 heavy (non-hydrogen) atoms. The van der Waals surface area contributed by atoms with Crippen molar-refractivity contribution in [2.45, 2.75) is 31.5 Å². The molecule has 0 N–H and O–H groups in total. The number of halogens is 5. The van der Waals surface area contributed by atoms with Crippen LogP contribution in [0.4, 0.5) is 22.0 Å². The molecule has 0 aliphatic carbocycles. The highest BCUT2D eigenvalue weighted by molar-refractivity contribution is 5.81. The zero-order chi connectivity index (χ0) is 16.8. The summed E-state index contributed by atoms with van der Waals surface area (Å²) < 4.78 is 72.2. The van der Waals surface area contributed by atoms with E-state index in [4.69, 9.17) is 4.74 Å². The molecule has 120 valence electrons. The van der Waals surface area contributed by atoms with Gasteiger partial charge in [-0.05, 0) is 26.0 Å². The van der Waals surface area contributed by atoms with E-state index in [9.17, 15) is 26.7 Å². The number of fused-ring (bicyclic) bond motifs is 1. The molecular formula is C14H11F5O3. The van der Waals surface area contributed by atoms with Gasteiger partial charge >= 0.3 is 18.1 Å². The molecule has 0 aromatic heterocycles. The molecule has 0 fully saturated rings. The Balaban J connectivity index is 2.33. The van der Waals surface area contributed by atoms with E-state index < -0.39 is 29.4 Å². The second kappa shape index (κ2) is 4.96. The van der Waals surface area contributed by atoms with Crippen LogP contribution in [-0.4, -0.2) is 23.7 Å². The van der Waals surface area contributed by atoms with Crippen LogP contribution in [0.5, 0.6) is 5.75 Å². The Labute approximate surface area is 122 Å². The quantitative estimate of drug-likeness (QED) is 0.611. The summed E-state index contributed by atoms with van der Waals surface area (Å²) >= 11 is 0. The average Bonchev–Trinajstić information content (AvgIpc) is 2.37. The van der Waals surface area contributed by atoms with E-state index in [2.05, 4.69) is 4.74 Å².